The van der Waals surface area contributed by atoms with Crippen LogP contribution in [0.4, 0.5) is 0 Å². The maximum Gasteiger partial charge on any atom is 0.217 e. The van der Waals surface area contributed by atoms with Crippen molar-refractivity contribution >= 4 is 0 Å². The number of furan rings is 1. The van der Waals surface area contributed by atoms with E-state index < -0.39 is 0 Å². The Morgan fingerprint density at radius 2 is 2.47 bits per heavy atom. The smallest absolute Gasteiger partial charge is 0.217 e. The number of hydrogen-bond acceptors (Lipinski definition) is 4. The molecule has 0 bridgehead atoms. The third-order valence-corrected chi connectivity index (χ3v) is 2.57. The highest BCUT2D eigenvalue weighted by molar-refractivity contribution is 5.45. The van der Waals surface area contributed by atoms with E-state index in [4.69, 9.17) is 4.42 Å². The second kappa shape index (κ2) is 3.20. The van der Waals surface area contributed by atoms with Crippen molar-refractivity contribution < 1.29 is 9.52 Å². The summed E-state index contributed by atoms with van der Waals surface area (Å²) in [6.45, 7) is 0.531. The van der Waals surface area contributed by atoms with Gasteiger partial charge in [-0.25, -0.2) is 9.67 Å². The molecular weight excluding hydrogens is 194 g/mol. The fourth-order valence-electron chi connectivity index (χ4n) is 1.80. The van der Waals surface area contributed by atoms with Crippen LogP contribution in [0.2, 0.25) is 0 Å². The molecule has 0 saturated heterocycles. The summed E-state index contributed by atoms with van der Waals surface area (Å²) in [6, 6.07) is 3.64. The first-order chi connectivity index (χ1) is 7.33. The lowest BCUT2D eigenvalue weighted by atomic mass is 10.1. The van der Waals surface area contributed by atoms with Gasteiger partial charge >= 0.3 is 0 Å². The highest BCUT2D eigenvalue weighted by Crippen LogP contribution is 2.19. The molecule has 15 heavy (non-hydrogen) atoms. The third-order valence-electron chi connectivity index (χ3n) is 2.57. The van der Waals surface area contributed by atoms with Crippen molar-refractivity contribution in [3.63, 3.8) is 0 Å². The SMILES string of the molecule is OC1CCc2nc(-c3ccco3)nn2C1. The summed E-state index contributed by atoms with van der Waals surface area (Å²) in [5.74, 6) is 2.20. The molecule has 1 unspecified atom stereocenters. The molecule has 5 nitrogen and oxygen atoms in total. The van der Waals surface area contributed by atoms with Crippen molar-refractivity contribution in [1.82, 2.24) is 14.8 Å². The minimum absolute atomic E-state index is 0.302. The molecule has 0 radical (unpaired) electrons. The van der Waals surface area contributed by atoms with E-state index in [-0.39, 0.29) is 6.10 Å². The molecule has 0 amide bonds. The third kappa shape index (κ3) is 1.45. The number of aryl methyl sites for hydroxylation is 1. The second-order valence-electron chi connectivity index (χ2n) is 3.70. The first-order valence-electron chi connectivity index (χ1n) is 4.98. The molecular formula is C10H11N3O2. The molecule has 0 spiro atoms. The number of hydrogen-bond donors (Lipinski definition) is 1. The lowest BCUT2D eigenvalue weighted by molar-refractivity contribution is 0.124. The molecule has 3 heterocycles. The maximum absolute atomic E-state index is 9.48. The Morgan fingerprint density at radius 1 is 1.53 bits per heavy atom. The minimum atomic E-state index is -0.302. The summed E-state index contributed by atoms with van der Waals surface area (Å²) >= 11 is 0. The first-order valence-corrected chi connectivity index (χ1v) is 4.98. The lowest BCUT2D eigenvalue weighted by Gasteiger charge is -2.16. The van der Waals surface area contributed by atoms with Crippen molar-refractivity contribution in [3.8, 4) is 11.6 Å². The molecule has 0 fully saturated rings. The maximum atomic E-state index is 9.48. The fourth-order valence-corrected chi connectivity index (χ4v) is 1.80. The van der Waals surface area contributed by atoms with Crippen LogP contribution < -0.4 is 0 Å². The van der Waals surface area contributed by atoms with Gasteiger partial charge in [-0.1, -0.05) is 0 Å². The van der Waals surface area contributed by atoms with E-state index in [1.54, 1.807) is 10.9 Å². The average molecular weight is 205 g/mol. The second-order valence-corrected chi connectivity index (χ2v) is 3.70. The predicted octanol–water partition coefficient (Wildman–Crippen LogP) is 0.845. The van der Waals surface area contributed by atoms with Gasteiger partial charge in [-0.3, -0.25) is 0 Å². The topological polar surface area (TPSA) is 64.1 Å². The molecule has 5 heteroatoms. The molecule has 1 aliphatic heterocycles. The van der Waals surface area contributed by atoms with Crippen molar-refractivity contribution in [2.24, 2.45) is 0 Å². The van der Waals surface area contributed by atoms with Gasteiger partial charge in [-0.05, 0) is 18.6 Å². The normalized spacial score (nSPS) is 20.2. The Morgan fingerprint density at radius 3 is 3.27 bits per heavy atom. The van der Waals surface area contributed by atoms with E-state index in [1.165, 1.54) is 0 Å². The fraction of sp³-hybridized carbons (Fsp3) is 0.400. The molecule has 0 saturated carbocycles. The van der Waals surface area contributed by atoms with Crippen LogP contribution in [-0.2, 0) is 13.0 Å². The zero-order chi connectivity index (χ0) is 10.3. The van der Waals surface area contributed by atoms with Gasteiger partial charge in [0.05, 0.1) is 18.9 Å². The summed E-state index contributed by atoms with van der Waals surface area (Å²) < 4.78 is 6.98. The van der Waals surface area contributed by atoms with Gasteiger partial charge in [-0.2, -0.15) is 0 Å². The Labute approximate surface area is 86.4 Å². The van der Waals surface area contributed by atoms with Gasteiger partial charge in [0.1, 0.15) is 5.82 Å². The number of fused-ring (bicyclic) bond motifs is 1. The first kappa shape index (κ1) is 8.67. The van der Waals surface area contributed by atoms with Crippen LogP contribution in [0.5, 0.6) is 0 Å². The van der Waals surface area contributed by atoms with Crippen molar-refractivity contribution in [2.45, 2.75) is 25.5 Å². The monoisotopic (exact) mass is 205 g/mol. The van der Waals surface area contributed by atoms with E-state index in [2.05, 4.69) is 10.1 Å². The molecule has 78 valence electrons. The van der Waals surface area contributed by atoms with Gasteiger partial charge < -0.3 is 9.52 Å². The summed E-state index contributed by atoms with van der Waals surface area (Å²) in [7, 11) is 0. The molecule has 2 aromatic heterocycles. The van der Waals surface area contributed by atoms with Gasteiger partial charge in [0.25, 0.3) is 0 Å². The Balaban J connectivity index is 2.00. The van der Waals surface area contributed by atoms with Gasteiger partial charge in [-0.15, -0.1) is 5.10 Å². The van der Waals surface area contributed by atoms with Gasteiger partial charge in [0, 0.05) is 6.42 Å². The molecule has 1 N–H and O–H groups in total. The molecule has 1 aliphatic rings. The molecule has 3 rings (SSSR count). The number of aliphatic hydroxyl groups is 1. The van der Waals surface area contributed by atoms with Crippen LogP contribution in [0.25, 0.3) is 11.6 Å². The lowest BCUT2D eigenvalue weighted by Crippen LogP contribution is -2.25. The van der Waals surface area contributed by atoms with Gasteiger partial charge in [0.2, 0.25) is 5.82 Å². The summed E-state index contributed by atoms with van der Waals surface area (Å²) in [5, 5.41) is 13.8. The minimum Gasteiger partial charge on any atom is -0.461 e. The number of aliphatic hydroxyl groups excluding tert-OH is 1. The summed E-state index contributed by atoms with van der Waals surface area (Å²) in [4.78, 5) is 4.37. The number of rotatable bonds is 1. The Hall–Kier alpha value is -1.62. The zero-order valence-corrected chi connectivity index (χ0v) is 8.13. The van der Waals surface area contributed by atoms with E-state index in [0.29, 0.717) is 18.1 Å². The van der Waals surface area contributed by atoms with Crippen LogP contribution in [0, 0.1) is 0 Å². The van der Waals surface area contributed by atoms with E-state index in [0.717, 1.165) is 18.7 Å². The van der Waals surface area contributed by atoms with E-state index >= 15 is 0 Å². The Kier molecular flexibility index (Phi) is 1.85. The molecule has 0 aromatic carbocycles. The van der Waals surface area contributed by atoms with Gasteiger partial charge in [0.15, 0.2) is 5.76 Å². The van der Waals surface area contributed by atoms with Crippen molar-refractivity contribution in [3.05, 3.63) is 24.2 Å². The van der Waals surface area contributed by atoms with E-state index in [9.17, 15) is 5.11 Å². The summed E-state index contributed by atoms with van der Waals surface area (Å²) in [5.41, 5.74) is 0. The summed E-state index contributed by atoms with van der Waals surface area (Å²) in [6.07, 6.45) is 2.83. The molecule has 2 aromatic rings. The number of aromatic nitrogens is 3. The van der Waals surface area contributed by atoms with Crippen LogP contribution in [0.15, 0.2) is 22.8 Å². The van der Waals surface area contributed by atoms with Crippen LogP contribution in [-0.4, -0.2) is 26.0 Å². The molecule has 0 aliphatic carbocycles. The van der Waals surface area contributed by atoms with Crippen LogP contribution in [0.1, 0.15) is 12.2 Å². The molecule has 1 atom stereocenters. The van der Waals surface area contributed by atoms with Crippen molar-refractivity contribution in [2.75, 3.05) is 0 Å². The number of nitrogens with zero attached hydrogens (tertiary/aromatic N) is 3. The standard InChI is InChI=1S/C10H11N3O2/c14-7-3-4-9-11-10(12-13(9)6-7)8-2-1-5-15-8/h1-2,5,7,14H,3-4,6H2. The predicted molar refractivity (Wildman–Crippen MR) is 52.1 cm³/mol. The van der Waals surface area contributed by atoms with Crippen LogP contribution >= 0.6 is 0 Å². The van der Waals surface area contributed by atoms with Crippen LogP contribution in [0.3, 0.4) is 0 Å². The Bertz CT molecular complexity index is 461. The van der Waals surface area contributed by atoms with Crippen molar-refractivity contribution in [1.29, 1.82) is 0 Å². The largest absolute Gasteiger partial charge is 0.461 e. The van der Waals surface area contributed by atoms with E-state index in [1.807, 2.05) is 12.1 Å². The zero-order valence-electron chi connectivity index (χ0n) is 8.13. The average Bonchev–Trinajstić information content (AvgIpc) is 2.84. The quantitative estimate of drug-likeness (QED) is 0.749. The highest BCUT2D eigenvalue weighted by Gasteiger charge is 2.20. The highest BCUT2D eigenvalue weighted by atomic mass is 16.3.